The Kier molecular flexibility index (Phi) is 5.45. The molecule has 0 unspecified atom stereocenters. The van der Waals surface area contributed by atoms with Crippen molar-refractivity contribution in [2.24, 2.45) is 0 Å². The fourth-order valence-electron chi connectivity index (χ4n) is 4.87. The van der Waals surface area contributed by atoms with Gasteiger partial charge in [-0.2, -0.15) is 4.98 Å². The lowest BCUT2D eigenvalue weighted by Crippen LogP contribution is -2.50. The van der Waals surface area contributed by atoms with E-state index in [1.807, 2.05) is 19.1 Å². The number of nitrogens with two attached hydrogens (primary N) is 1. The fourth-order valence-corrected chi connectivity index (χ4v) is 4.87. The number of nitrogens with zero attached hydrogens (tertiary/aromatic N) is 6. The Labute approximate surface area is 180 Å². The molecule has 1 saturated carbocycles. The van der Waals surface area contributed by atoms with Crippen molar-refractivity contribution in [1.29, 1.82) is 0 Å². The van der Waals surface area contributed by atoms with Crippen LogP contribution in [0.2, 0.25) is 0 Å². The van der Waals surface area contributed by atoms with Gasteiger partial charge < -0.3 is 10.2 Å². The van der Waals surface area contributed by atoms with E-state index in [1.165, 1.54) is 31.9 Å². The Bertz CT molecular complexity index is 1120. The maximum absolute atomic E-state index is 12.6. The van der Waals surface area contributed by atoms with Crippen LogP contribution in [0.1, 0.15) is 31.4 Å². The number of nitrogen functional groups attached to an aromatic ring is 1. The number of aryl methyl sites for hydroxylation is 1. The highest BCUT2D eigenvalue weighted by atomic mass is 16.3. The van der Waals surface area contributed by atoms with Gasteiger partial charge in [0.2, 0.25) is 5.95 Å². The number of hydrogen-bond donors (Lipinski definition) is 1. The van der Waals surface area contributed by atoms with Crippen molar-refractivity contribution in [2.75, 3.05) is 38.5 Å². The van der Waals surface area contributed by atoms with E-state index in [-0.39, 0.29) is 11.5 Å². The van der Waals surface area contributed by atoms with Gasteiger partial charge in [-0.3, -0.25) is 19.2 Å². The summed E-state index contributed by atoms with van der Waals surface area (Å²) >= 11 is 0. The van der Waals surface area contributed by atoms with Gasteiger partial charge >= 0.3 is 0 Å². The van der Waals surface area contributed by atoms with E-state index in [9.17, 15) is 4.79 Å². The number of piperazine rings is 1. The van der Waals surface area contributed by atoms with Crippen LogP contribution >= 0.6 is 0 Å². The van der Waals surface area contributed by atoms with E-state index in [0.29, 0.717) is 29.2 Å². The topological polar surface area (TPSA) is 106 Å². The van der Waals surface area contributed by atoms with Crippen molar-refractivity contribution in [3.63, 3.8) is 0 Å². The highest BCUT2D eigenvalue weighted by Crippen LogP contribution is 2.27. The summed E-state index contributed by atoms with van der Waals surface area (Å²) in [5, 5.41) is 0. The van der Waals surface area contributed by atoms with E-state index in [4.69, 9.17) is 10.2 Å². The molecule has 1 saturated heterocycles. The lowest BCUT2D eigenvalue weighted by atomic mass is 10.2. The van der Waals surface area contributed by atoms with Gasteiger partial charge in [0.1, 0.15) is 17.0 Å². The minimum atomic E-state index is -0.184. The van der Waals surface area contributed by atoms with Gasteiger partial charge in [-0.15, -0.1) is 0 Å². The van der Waals surface area contributed by atoms with Crippen LogP contribution in [0.15, 0.2) is 27.5 Å². The third kappa shape index (κ3) is 4.07. The Balaban J connectivity index is 1.36. The van der Waals surface area contributed by atoms with E-state index in [0.717, 1.165) is 44.5 Å². The highest BCUT2D eigenvalue weighted by Gasteiger charge is 2.26. The Morgan fingerprint density at radius 2 is 1.87 bits per heavy atom. The third-order valence-electron chi connectivity index (χ3n) is 6.57. The Morgan fingerprint density at radius 3 is 2.58 bits per heavy atom. The molecule has 2 aliphatic rings. The van der Waals surface area contributed by atoms with Gasteiger partial charge in [-0.1, -0.05) is 12.8 Å². The molecule has 5 rings (SSSR count). The van der Waals surface area contributed by atoms with Gasteiger partial charge in [0, 0.05) is 45.3 Å². The molecule has 4 heterocycles. The van der Waals surface area contributed by atoms with Crippen molar-refractivity contribution < 1.29 is 4.42 Å². The summed E-state index contributed by atoms with van der Waals surface area (Å²) in [6, 6.07) is 4.47. The summed E-state index contributed by atoms with van der Waals surface area (Å²) in [5.74, 6) is 1.44. The Hall–Kier alpha value is -2.78. The SMILES string of the molecule is Cc1ccc(-c2nc(N)nc3c2ncc(=O)n3CCN2CCN(C3CCCC3)CC2)o1. The molecule has 164 valence electrons. The van der Waals surface area contributed by atoms with Gasteiger partial charge in [0.15, 0.2) is 11.4 Å². The summed E-state index contributed by atoms with van der Waals surface area (Å²) in [5.41, 5.74) is 7.28. The van der Waals surface area contributed by atoms with Gasteiger partial charge in [-0.25, -0.2) is 9.97 Å². The number of aromatic nitrogens is 4. The molecule has 0 atom stereocenters. The first-order valence-corrected chi connectivity index (χ1v) is 11.1. The first-order valence-electron chi connectivity index (χ1n) is 11.1. The van der Waals surface area contributed by atoms with Crippen molar-refractivity contribution in [3.05, 3.63) is 34.4 Å². The first-order chi connectivity index (χ1) is 15.1. The predicted molar refractivity (Wildman–Crippen MR) is 119 cm³/mol. The largest absolute Gasteiger partial charge is 0.460 e. The number of anilines is 1. The van der Waals surface area contributed by atoms with Crippen molar-refractivity contribution in [1.82, 2.24) is 29.3 Å². The molecule has 9 nitrogen and oxygen atoms in total. The molecular weight excluding hydrogens is 394 g/mol. The van der Waals surface area contributed by atoms with Crippen LogP contribution in [0.25, 0.3) is 22.6 Å². The third-order valence-corrected chi connectivity index (χ3v) is 6.57. The second-order valence-electron chi connectivity index (χ2n) is 8.58. The molecule has 1 aliphatic heterocycles. The molecule has 0 spiro atoms. The standard InChI is InChI=1S/C22H29N7O2/c1-15-6-7-17(31-15)19-20-21(26-22(23)25-19)29(18(30)14-24-20)13-10-27-8-11-28(12-9-27)16-4-2-3-5-16/h6-7,14,16H,2-5,8-13H2,1H3,(H2,23,25,26). The number of hydrogen-bond acceptors (Lipinski definition) is 8. The minimum Gasteiger partial charge on any atom is -0.460 e. The maximum Gasteiger partial charge on any atom is 0.270 e. The number of furan rings is 1. The van der Waals surface area contributed by atoms with Crippen molar-refractivity contribution in [3.8, 4) is 11.5 Å². The molecule has 1 aliphatic carbocycles. The monoisotopic (exact) mass is 423 g/mol. The molecule has 0 amide bonds. The van der Waals surface area contributed by atoms with Crippen LogP contribution in [-0.4, -0.2) is 68.1 Å². The van der Waals surface area contributed by atoms with E-state index >= 15 is 0 Å². The smallest absolute Gasteiger partial charge is 0.270 e. The zero-order chi connectivity index (χ0) is 21.4. The van der Waals surface area contributed by atoms with Crippen LogP contribution in [0.5, 0.6) is 0 Å². The molecule has 0 radical (unpaired) electrons. The fraction of sp³-hybridized carbons (Fsp3) is 0.545. The van der Waals surface area contributed by atoms with Gasteiger partial charge in [-0.05, 0) is 31.9 Å². The predicted octanol–water partition coefficient (Wildman–Crippen LogP) is 1.90. The second-order valence-corrected chi connectivity index (χ2v) is 8.58. The van der Waals surface area contributed by atoms with Crippen LogP contribution in [0.3, 0.4) is 0 Å². The first kappa shape index (κ1) is 20.1. The summed E-state index contributed by atoms with van der Waals surface area (Å²) in [7, 11) is 0. The van der Waals surface area contributed by atoms with E-state index in [1.54, 1.807) is 4.57 Å². The van der Waals surface area contributed by atoms with E-state index < -0.39 is 0 Å². The highest BCUT2D eigenvalue weighted by molar-refractivity contribution is 5.86. The minimum absolute atomic E-state index is 0.0999. The molecule has 2 N–H and O–H groups in total. The average Bonchev–Trinajstić information content (AvgIpc) is 3.45. The summed E-state index contributed by atoms with van der Waals surface area (Å²) in [6.07, 6.45) is 6.76. The van der Waals surface area contributed by atoms with Crippen LogP contribution in [0.4, 0.5) is 5.95 Å². The average molecular weight is 424 g/mol. The zero-order valence-corrected chi connectivity index (χ0v) is 18.0. The van der Waals surface area contributed by atoms with Crippen LogP contribution in [-0.2, 0) is 6.54 Å². The van der Waals surface area contributed by atoms with E-state index in [2.05, 4.69) is 24.8 Å². The summed E-state index contributed by atoms with van der Waals surface area (Å²) in [4.78, 5) is 30.7. The number of rotatable bonds is 5. The molecule has 0 aromatic carbocycles. The van der Waals surface area contributed by atoms with Crippen LogP contribution < -0.4 is 11.3 Å². The lowest BCUT2D eigenvalue weighted by molar-refractivity contribution is 0.0957. The lowest BCUT2D eigenvalue weighted by Gasteiger charge is -2.38. The summed E-state index contributed by atoms with van der Waals surface area (Å²) in [6.45, 7) is 7.46. The molecule has 0 bridgehead atoms. The zero-order valence-electron chi connectivity index (χ0n) is 18.0. The van der Waals surface area contributed by atoms with Gasteiger partial charge in [0.25, 0.3) is 5.56 Å². The molecule has 9 heteroatoms. The summed E-state index contributed by atoms with van der Waals surface area (Å²) < 4.78 is 7.38. The number of fused-ring (bicyclic) bond motifs is 1. The second kappa shape index (κ2) is 8.39. The Morgan fingerprint density at radius 1 is 1.10 bits per heavy atom. The molecule has 2 fully saturated rings. The van der Waals surface area contributed by atoms with Gasteiger partial charge in [0.05, 0.1) is 6.20 Å². The van der Waals surface area contributed by atoms with Crippen LogP contribution in [0, 0.1) is 6.92 Å². The quantitative estimate of drug-likeness (QED) is 0.663. The van der Waals surface area contributed by atoms with Crippen molar-refractivity contribution >= 4 is 17.1 Å². The molecule has 31 heavy (non-hydrogen) atoms. The normalized spacial score (nSPS) is 18.9. The van der Waals surface area contributed by atoms with Crippen molar-refractivity contribution in [2.45, 2.75) is 45.2 Å². The molecular formula is C22H29N7O2. The molecule has 3 aromatic heterocycles. The molecule has 3 aromatic rings. The maximum atomic E-state index is 12.6.